The molecule has 1 rings (SSSR count). The van der Waals surface area contributed by atoms with Crippen molar-refractivity contribution in [3.63, 3.8) is 0 Å². The standard InChI is InChI=1S/C13H19N3O4/c1-9(2)20-12-7-10(6-11(8-12)16(18)19)15-5-3-4-13(14)17/h6-9,15H,3-5H2,1-2H3,(H2,14,17). The van der Waals surface area contributed by atoms with E-state index in [9.17, 15) is 14.9 Å². The fourth-order valence-corrected chi connectivity index (χ4v) is 1.63. The lowest BCUT2D eigenvalue weighted by molar-refractivity contribution is -0.384. The van der Waals surface area contributed by atoms with Crippen LogP contribution >= 0.6 is 0 Å². The molecule has 1 aromatic carbocycles. The Morgan fingerprint density at radius 3 is 2.70 bits per heavy atom. The lowest BCUT2D eigenvalue weighted by Crippen LogP contribution is -2.13. The van der Waals surface area contributed by atoms with Crippen molar-refractivity contribution in [1.29, 1.82) is 0 Å². The lowest BCUT2D eigenvalue weighted by atomic mass is 10.2. The number of nitrogens with one attached hydrogen (secondary N) is 1. The third-order valence-corrected chi connectivity index (χ3v) is 2.40. The Morgan fingerprint density at radius 1 is 1.45 bits per heavy atom. The smallest absolute Gasteiger partial charge is 0.275 e. The van der Waals surface area contributed by atoms with Crippen LogP contribution in [0.2, 0.25) is 0 Å². The van der Waals surface area contributed by atoms with Crippen LogP contribution in [0.1, 0.15) is 26.7 Å². The molecule has 0 aromatic heterocycles. The van der Waals surface area contributed by atoms with E-state index in [2.05, 4.69) is 5.32 Å². The Hall–Kier alpha value is -2.31. The summed E-state index contributed by atoms with van der Waals surface area (Å²) in [4.78, 5) is 21.0. The maximum atomic E-state index is 10.9. The molecule has 0 atom stereocenters. The molecule has 0 bridgehead atoms. The van der Waals surface area contributed by atoms with Crippen molar-refractivity contribution in [2.75, 3.05) is 11.9 Å². The number of benzene rings is 1. The van der Waals surface area contributed by atoms with Crippen molar-refractivity contribution in [3.8, 4) is 5.75 Å². The molecule has 0 spiro atoms. The number of hydrogen-bond donors (Lipinski definition) is 2. The minimum absolute atomic E-state index is 0.0412. The van der Waals surface area contributed by atoms with E-state index in [1.165, 1.54) is 12.1 Å². The van der Waals surface area contributed by atoms with Crippen molar-refractivity contribution in [2.45, 2.75) is 32.8 Å². The molecule has 110 valence electrons. The van der Waals surface area contributed by atoms with E-state index in [-0.39, 0.29) is 24.1 Å². The molecule has 0 aliphatic carbocycles. The molecule has 0 aliphatic heterocycles. The van der Waals surface area contributed by atoms with Crippen LogP contribution < -0.4 is 15.8 Å². The van der Waals surface area contributed by atoms with Gasteiger partial charge in [-0.1, -0.05) is 0 Å². The predicted molar refractivity (Wildman–Crippen MR) is 75.8 cm³/mol. The minimum Gasteiger partial charge on any atom is -0.491 e. The number of nitrogens with zero attached hydrogens (tertiary/aromatic N) is 1. The van der Waals surface area contributed by atoms with Crippen LogP contribution in [0.15, 0.2) is 18.2 Å². The Balaban J connectivity index is 2.75. The molecule has 7 nitrogen and oxygen atoms in total. The summed E-state index contributed by atoms with van der Waals surface area (Å²) in [6.45, 7) is 4.20. The zero-order valence-electron chi connectivity index (χ0n) is 11.6. The van der Waals surface area contributed by atoms with Gasteiger partial charge in [0.25, 0.3) is 5.69 Å². The van der Waals surface area contributed by atoms with Crippen molar-refractivity contribution < 1.29 is 14.5 Å². The highest BCUT2D eigenvalue weighted by Gasteiger charge is 2.11. The quantitative estimate of drug-likeness (QED) is 0.431. The van der Waals surface area contributed by atoms with E-state index < -0.39 is 4.92 Å². The zero-order valence-corrected chi connectivity index (χ0v) is 11.6. The molecule has 1 amide bonds. The van der Waals surface area contributed by atoms with Gasteiger partial charge in [-0.05, 0) is 20.3 Å². The maximum absolute atomic E-state index is 10.9. The molecule has 0 saturated carbocycles. The Labute approximate surface area is 117 Å². The molecule has 20 heavy (non-hydrogen) atoms. The monoisotopic (exact) mass is 281 g/mol. The number of hydrogen-bond acceptors (Lipinski definition) is 5. The number of nitro benzene ring substituents is 1. The maximum Gasteiger partial charge on any atom is 0.275 e. The number of ether oxygens (including phenoxy) is 1. The van der Waals surface area contributed by atoms with Gasteiger partial charge >= 0.3 is 0 Å². The second-order valence-corrected chi connectivity index (χ2v) is 4.64. The molecule has 3 N–H and O–H groups in total. The van der Waals surface area contributed by atoms with Crippen LogP contribution in [0, 0.1) is 10.1 Å². The van der Waals surface area contributed by atoms with E-state index in [0.717, 1.165) is 0 Å². The summed E-state index contributed by atoms with van der Waals surface area (Å²) in [5.74, 6) is 0.0706. The highest BCUT2D eigenvalue weighted by atomic mass is 16.6. The number of nitro groups is 1. The lowest BCUT2D eigenvalue weighted by Gasteiger charge is -2.12. The fourth-order valence-electron chi connectivity index (χ4n) is 1.63. The van der Waals surface area contributed by atoms with E-state index in [4.69, 9.17) is 10.5 Å². The summed E-state index contributed by atoms with van der Waals surface area (Å²) in [6, 6.07) is 4.50. The van der Waals surface area contributed by atoms with Gasteiger partial charge in [0, 0.05) is 30.8 Å². The first kappa shape index (κ1) is 15.7. The molecule has 7 heteroatoms. The van der Waals surface area contributed by atoms with Crippen LogP contribution in [0.25, 0.3) is 0 Å². The minimum atomic E-state index is -0.470. The van der Waals surface area contributed by atoms with E-state index in [1.54, 1.807) is 6.07 Å². The van der Waals surface area contributed by atoms with Crippen molar-refractivity contribution in [3.05, 3.63) is 28.3 Å². The number of nitrogens with two attached hydrogens (primary N) is 1. The van der Waals surface area contributed by atoms with Gasteiger partial charge in [-0.2, -0.15) is 0 Å². The number of anilines is 1. The van der Waals surface area contributed by atoms with Crippen LogP contribution in [-0.2, 0) is 4.79 Å². The number of rotatable bonds is 8. The molecular weight excluding hydrogens is 262 g/mol. The number of non-ortho nitro benzene ring substituents is 1. The Kier molecular flexibility index (Phi) is 5.76. The van der Waals surface area contributed by atoms with Crippen molar-refractivity contribution in [1.82, 2.24) is 0 Å². The number of primary amides is 1. The molecule has 0 unspecified atom stereocenters. The first-order valence-electron chi connectivity index (χ1n) is 6.37. The van der Waals surface area contributed by atoms with Gasteiger partial charge in [0.15, 0.2) is 0 Å². The van der Waals surface area contributed by atoms with Gasteiger partial charge in [-0.15, -0.1) is 0 Å². The van der Waals surface area contributed by atoms with Gasteiger partial charge in [0.05, 0.1) is 17.1 Å². The molecule has 0 fully saturated rings. The highest BCUT2D eigenvalue weighted by Crippen LogP contribution is 2.26. The van der Waals surface area contributed by atoms with Crippen LogP contribution in [-0.4, -0.2) is 23.5 Å². The summed E-state index contributed by atoms with van der Waals surface area (Å²) < 4.78 is 5.47. The summed E-state index contributed by atoms with van der Waals surface area (Å²) >= 11 is 0. The van der Waals surface area contributed by atoms with Gasteiger partial charge in [0.1, 0.15) is 5.75 Å². The van der Waals surface area contributed by atoms with Gasteiger partial charge < -0.3 is 15.8 Å². The van der Waals surface area contributed by atoms with Crippen molar-refractivity contribution in [2.24, 2.45) is 5.73 Å². The zero-order chi connectivity index (χ0) is 15.1. The third kappa shape index (κ3) is 5.55. The largest absolute Gasteiger partial charge is 0.491 e. The van der Waals surface area contributed by atoms with Crippen LogP contribution in [0.3, 0.4) is 0 Å². The summed E-state index contributed by atoms with van der Waals surface area (Å²) in [6.07, 6.45) is 0.773. The van der Waals surface area contributed by atoms with Crippen molar-refractivity contribution >= 4 is 17.3 Å². The topological polar surface area (TPSA) is 107 Å². The van der Waals surface area contributed by atoms with Gasteiger partial charge in [-0.3, -0.25) is 14.9 Å². The number of amides is 1. The second kappa shape index (κ2) is 7.32. The fraction of sp³-hybridized carbons (Fsp3) is 0.462. The molecule has 0 saturated heterocycles. The summed E-state index contributed by atoms with van der Waals surface area (Å²) in [5.41, 5.74) is 5.58. The summed E-state index contributed by atoms with van der Waals surface area (Å²) in [7, 11) is 0. The van der Waals surface area contributed by atoms with E-state index in [0.29, 0.717) is 24.4 Å². The SMILES string of the molecule is CC(C)Oc1cc(NCCCC(N)=O)cc([N+](=O)[O-])c1. The number of carbonyl (C=O) groups is 1. The average Bonchev–Trinajstić information content (AvgIpc) is 2.33. The van der Waals surface area contributed by atoms with Crippen LogP contribution in [0.5, 0.6) is 5.75 Å². The first-order valence-corrected chi connectivity index (χ1v) is 6.37. The summed E-state index contributed by atoms with van der Waals surface area (Å²) in [5, 5.41) is 13.9. The second-order valence-electron chi connectivity index (χ2n) is 4.64. The van der Waals surface area contributed by atoms with Gasteiger partial charge in [0.2, 0.25) is 5.91 Å². The molecule has 0 radical (unpaired) electrons. The van der Waals surface area contributed by atoms with E-state index >= 15 is 0 Å². The Morgan fingerprint density at radius 2 is 2.15 bits per heavy atom. The third-order valence-electron chi connectivity index (χ3n) is 2.40. The number of carbonyl (C=O) groups excluding carboxylic acids is 1. The predicted octanol–water partition coefficient (Wildman–Crippen LogP) is 2.06. The molecule has 1 aromatic rings. The Bertz CT molecular complexity index is 489. The normalized spacial score (nSPS) is 10.3. The molecular formula is C13H19N3O4. The van der Waals surface area contributed by atoms with Gasteiger partial charge in [-0.25, -0.2) is 0 Å². The first-order chi connectivity index (χ1) is 9.38. The highest BCUT2D eigenvalue weighted by molar-refractivity contribution is 5.73. The molecule has 0 aliphatic rings. The van der Waals surface area contributed by atoms with Crippen LogP contribution in [0.4, 0.5) is 11.4 Å². The molecule has 0 heterocycles. The van der Waals surface area contributed by atoms with E-state index in [1.807, 2.05) is 13.8 Å². The average molecular weight is 281 g/mol.